The third kappa shape index (κ3) is 1.55. The standard InChI is InChI=1S/C19H17N3O2/c1-24-11-6-7-12-13-8-9-20-19(17(13)21-16(12)10-11)14-4-2-3-5-15(14)22-18(19)23/h2-7,10,20-21H,8-9H2,1H3,(H,22,23)/t19-/m0/s1. The number of ether oxygens (including phenoxy) is 1. The van der Waals surface area contributed by atoms with Gasteiger partial charge in [-0.3, -0.25) is 10.1 Å². The second-order valence-electron chi connectivity index (χ2n) is 6.32. The van der Waals surface area contributed by atoms with Crippen molar-refractivity contribution in [2.45, 2.75) is 12.0 Å². The molecule has 2 aliphatic rings. The molecule has 0 saturated heterocycles. The molecular weight excluding hydrogens is 302 g/mol. The number of benzene rings is 2. The quantitative estimate of drug-likeness (QED) is 0.646. The van der Waals surface area contributed by atoms with Crippen LogP contribution in [-0.4, -0.2) is 24.5 Å². The fourth-order valence-corrected chi connectivity index (χ4v) is 4.09. The monoisotopic (exact) mass is 319 g/mol. The minimum atomic E-state index is -0.837. The van der Waals surface area contributed by atoms with Gasteiger partial charge in [-0.15, -0.1) is 0 Å². The van der Waals surface area contributed by atoms with Crippen LogP contribution in [0.4, 0.5) is 5.69 Å². The van der Waals surface area contributed by atoms with Crippen molar-refractivity contribution in [3.63, 3.8) is 0 Å². The number of aromatic nitrogens is 1. The number of methoxy groups -OCH3 is 1. The van der Waals surface area contributed by atoms with Gasteiger partial charge in [-0.2, -0.15) is 0 Å². The van der Waals surface area contributed by atoms with Crippen molar-refractivity contribution in [2.75, 3.05) is 19.0 Å². The second-order valence-corrected chi connectivity index (χ2v) is 6.32. The zero-order valence-electron chi connectivity index (χ0n) is 13.3. The number of nitrogens with one attached hydrogen (secondary N) is 3. The number of rotatable bonds is 1. The largest absolute Gasteiger partial charge is 0.497 e. The average Bonchev–Trinajstić information content (AvgIpc) is 3.12. The second kappa shape index (κ2) is 4.61. The first-order valence-corrected chi connectivity index (χ1v) is 8.09. The number of fused-ring (bicyclic) bond motifs is 6. The summed E-state index contributed by atoms with van der Waals surface area (Å²) in [7, 11) is 1.66. The molecule has 5 nitrogen and oxygen atoms in total. The van der Waals surface area contributed by atoms with Crippen molar-refractivity contribution in [3.8, 4) is 5.75 Å². The van der Waals surface area contributed by atoms with E-state index in [1.165, 1.54) is 5.56 Å². The fourth-order valence-electron chi connectivity index (χ4n) is 4.09. The van der Waals surface area contributed by atoms with Gasteiger partial charge in [0.15, 0.2) is 5.54 Å². The molecule has 0 radical (unpaired) electrons. The van der Waals surface area contributed by atoms with Gasteiger partial charge in [0, 0.05) is 34.8 Å². The number of aromatic amines is 1. The maximum absolute atomic E-state index is 13.0. The number of carbonyl (C=O) groups is 1. The van der Waals surface area contributed by atoms with Gasteiger partial charge in [-0.1, -0.05) is 18.2 Å². The predicted octanol–water partition coefficient (Wildman–Crippen LogP) is 2.52. The van der Waals surface area contributed by atoms with Crippen molar-refractivity contribution in [1.82, 2.24) is 10.3 Å². The Labute approximate surface area is 139 Å². The highest BCUT2D eigenvalue weighted by Gasteiger charge is 2.51. The molecule has 5 rings (SSSR count). The topological polar surface area (TPSA) is 66.1 Å². The lowest BCUT2D eigenvalue weighted by atomic mass is 9.82. The molecule has 120 valence electrons. The molecule has 0 bridgehead atoms. The Kier molecular flexibility index (Phi) is 2.62. The highest BCUT2D eigenvalue weighted by molar-refractivity contribution is 6.09. The van der Waals surface area contributed by atoms with Crippen LogP contribution in [0.2, 0.25) is 0 Å². The molecule has 1 aromatic heterocycles. The summed E-state index contributed by atoms with van der Waals surface area (Å²) in [4.78, 5) is 16.4. The highest BCUT2D eigenvalue weighted by Crippen LogP contribution is 2.45. The van der Waals surface area contributed by atoms with Crippen LogP contribution in [0.15, 0.2) is 42.5 Å². The third-order valence-corrected chi connectivity index (χ3v) is 5.17. The van der Waals surface area contributed by atoms with Gasteiger partial charge in [0.1, 0.15) is 5.75 Å². The van der Waals surface area contributed by atoms with Gasteiger partial charge in [0.05, 0.1) is 12.8 Å². The van der Waals surface area contributed by atoms with E-state index in [2.05, 4.69) is 21.7 Å². The third-order valence-electron chi connectivity index (χ3n) is 5.17. The van der Waals surface area contributed by atoms with Crippen LogP contribution in [-0.2, 0) is 16.8 Å². The number of hydrogen-bond acceptors (Lipinski definition) is 3. The molecule has 3 aromatic rings. The maximum atomic E-state index is 13.0. The van der Waals surface area contributed by atoms with Gasteiger partial charge in [0.2, 0.25) is 0 Å². The van der Waals surface area contributed by atoms with E-state index in [9.17, 15) is 4.79 Å². The minimum absolute atomic E-state index is 0.0248. The van der Waals surface area contributed by atoms with Gasteiger partial charge >= 0.3 is 0 Å². The van der Waals surface area contributed by atoms with Crippen LogP contribution in [0.25, 0.3) is 10.9 Å². The molecule has 1 atom stereocenters. The van der Waals surface area contributed by atoms with Crippen LogP contribution in [0.3, 0.4) is 0 Å². The van der Waals surface area contributed by atoms with E-state index in [0.29, 0.717) is 0 Å². The van der Waals surface area contributed by atoms with Crippen molar-refractivity contribution >= 4 is 22.5 Å². The zero-order chi connectivity index (χ0) is 16.3. The summed E-state index contributed by atoms with van der Waals surface area (Å²) in [5.74, 6) is 0.780. The molecule has 0 unspecified atom stereocenters. The summed E-state index contributed by atoms with van der Waals surface area (Å²) in [6.45, 7) is 0.758. The fraction of sp³-hybridized carbons (Fsp3) is 0.211. The lowest BCUT2D eigenvalue weighted by Gasteiger charge is -2.33. The van der Waals surface area contributed by atoms with E-state index in [1.807, 2.05) is 36.4 Å². The number of amides is 1. The van der Waals surface area contributed by atoms with Gasteiger partial charge in [-0.05, 0) is 30.2 Å². The summed E-state index contributed by atoms with van der Waals surface area (Å²) in [5.41, 5.74) is 4.17. The molecule has 2 aliphatic heterocycles. The molecule has 3 heterocycles. The van der Waals surface area contributed by atoms with Crippen LogP contribution in [0, 0.1) is 0 Å². The Morgan fingerprint density at radius 1 is 1.17 bits per heavy atom. The van der Waals surface area contributed by atoms with Gasteiger partial charge < -0.3 is 15.0 Å². The van der Waals surface area contributed by atoms with Crippen molar-refractivity contribution < 1.29 is 9.53 Å². The van der Waals surface area contributed by atoms with E-state index in [4.69, 9.17) is 4.74 Å². The number of H-pyrrole nitrogens is 1. The first kappa shape index (κ1) is 13.6. The predicted molar refractivity (Wildman–Crippen MR) is 92.4 cm³/mol. The van der Waals surface area contributed by atoms with E-state index in [0.717, 1.165) is 46.6 Å². The van der Waals surface area contributed by atoms with Crippen molar-refractivity contribution in [3.05, 3.63) is 59.3 Å². The molecule has 24 heavy (non-hydrogen) atoms. The summed E-state index contributed by atoms with van der Waals surface area (Å²) >= 11 is 0. The SMILES string of the molecule is COc1ccc2c3c([nH]c2c1)[C@]1(NCC3)C(=O)Nc2ccccc21. The number of carbonyl (C=O) groups excluding carboxylic acids is 1. The molecule has 1 spiro atoms. The first-order valence-electron chi connectivity index (χ1n) is 8.09. The Hall–Kier alpha value is -2.79. The van der Waals surface area contributed by atoms with E-state index >= 15 is 0 Å². The summed E-state index contributed by atoms with van der Waals surface area (Å²) in [6.07, 6.45) is 0.888. The molecule has 1 amide bonds. The summed E-state index contributed by atoms with van der Waals surface area (Å²) < 4.78 is 5.33. The lowest BCUT2D eigenvalue weighted by Crippen LogP contribution is -2.53. The summed E-state index contributed by atoms with van der Waals surface area (Å²) in [6, 6.07) is 13.9. The minimum Gasteiger partial charge on any atom is -0.497 e. The van der Waals surface area contributed by atoms with Crippen LogP contribution in [0.1, 0.15) is 16.8 Å². The number of para-hydroxylation sites is 1. The molecule has 3 N–H and O–H groups in total. The highest BCUT2D eigenvalue weighted by atomic mass is 16.5. The van der Waals surface area contributed by atoms with Crippen molar-refractivity contribution in [1.29, 1.82) is 0 Å². The van der Waals surface area contributed by atoms with Crippen LogP contribution in [0.5, 0.6) is 5.75 Å². The summed E-state index contributed by atoms with van der Waals surface area (Å²) in [5, 5.41) is 7.65. The molecule has 0 fully saturated rings. The molecule has 0 saturated carbocycles. The Morgan fingerprint density at radius 3 is 2.92 bits per heavy atom. The number of anilines is 1. The Bertz CT molecular complexity index is 991. The zero-order valence-corrected chi connectivity index (χ0v) is 13.3. The first-order chi connectivity index (χ1) is 11.7. The smallest absolute Gasteiger partial charge is 0.255 e. The lowest BCUT2D eigenvalue weighted by molar-refractivity contribution is -0.120. The van der Waals surface area contributed by atoms with Crippen molar-refractivity contribution in [2.24, 2.45) is 0 Å². The average molecular weight is 319 g/mol. The Morgan fingerprint density at radius 2 is 2.04 bits per heavy atom. The van der Waals surface area contributed by atoms with Gasteiger partial charge in [0.25, 0.3) is 5.91 Å². The molecular formula is C19H17N3O2. The van der Waals surface area contributed by atoms with E-state index < -0.39 is 5.54 Å². The molecule has 5 heteroatoms. The molecule has 2 aromatic carbocycles. The molecule has 0 aliphatic carbocycles. The van der Waals surface area contributed by atoms with Crippen LogP contribution >= 0.6 is 0 Å². The van der Waals surface area contributed by atoms with Crippen LogP contribution < -0.4 is 15.4 Å². The maximum Gasteiger partial charge on any atom is 0.255 e. The van der Waals surface area contributed by atoms with E-state index in [1.54, 1.807) is 7.11 Å². The van der Waals surface area contributed by atoms with E-state index in [-0.39, 0.29) is 5.91 Å². The normalized spacial score (nSPS) is 21.6. The number of hydrogen-bond donors (Lipinski definition) is 3. The van der Waals surface area contributed by atoms with Gasteiger partial charge in [-0.25, -0.2) is 0 Å². The Balaban J connectivity index is 1.82.